The van der Waals surface area contributed by atoms with Crippen LogP contribution in [0.2, 0.25) is 0 Å². The average Bonchev–Trinajstić information content (AvgIpc) is 3.13. The molecule has 2 aromatic rings. The number of rotatable bonds is 7. The zero-order chi connectivity index (χ0) is 18.4. The van der Waals surface area contributed by atoms with E-state index in [4.69, 9.17) is 0 Å². The topological polar surface area (TPSA) is 32.3 Å². The standard InChI is InChI=1S/C23H28N2O/c1-25(2)17-19-11-13-20(14-12-19)22-10-6-5-9-21(22)16-24-23(26)15-18-7-3-4-8-18/h3,5-7,9-14,18H,4,8,15-17H2,1-2H3,(H,24,26). The highest BCUT2D eigenvalue weighted by Crippen LogP contribution is 2.25. The lowest BCUT2D eigenvalue weighted by molar-refractivity contribution is -0.121. The molecule has 0 aliphatic heterocycles. The number of nitrogens with one attached hydrogen (secondary N) is 1. The van der Waals surface area contributed by atoms with Gasteiger partial charge in [0.2, 0.25) is 5.91 Å². The number of hydrogen-bond acceptors (Lipinski definition) is 2. The van der Waals surface area contributed by atoms with E-state index in [0.717, 1.165) is 24.9 Å². The zero-order valence-electron chi connectivity index (χ0n) is 15.7. The van der Waals surface area contributed by atoms with Gasteiger partial charge in [-0.3, -0.25) is 4.79 Å². The Hall–Kier alpha value is -2.39. The molecule has 3 nitrogen and oxygen atoms in total. The highest BCUT2D eigenvalue weighted by molar-refractivity contribution is 5.77. The highest BCUT2D eigenvalue weighted by Gasteiger charge is 2.14. The summed E-state index contributed by atoms with van der Waals surface area (Å²) < 4.78 is 0. The van der Waals surface area contributed by atoms with Crippen LogP contribution in [0.15, 0.2) is 60.7 Å². The zero-order valence-corrected chi connectivity index (χ0v) is 15.7. The van der Waals surface area contributed by atoms with Crippen LogP contribution in [0.25, 0.3) is 11.1 Å². The Kier molecular flexibility index (Phi) is 6.24. The fourth-order valence-corrected chi connectivity index (χ4v) is 3.48. The molecule has 2 aromatic carbocycles. The molecule has 136 valence electrons. The van der Waals surface area contributed by atoms with Crippen molar-refractivity contribution in [3.05, 3.63) is 71.8 Å². The summed E-state index contributed by atoms with van der Waals surface area (Å²) in [5.41, 5.74) is 4.83. The van der Waals surface area contributed by atoms with Gasteiger partial charge in [0.15, 0.2) is 0 Å². The van der Waals surface area contributed by atoms with Crippen LogP contribution in [0.4, 0.5) is 0 Å². The fraction of sp³-hybridized carbons (Fsp3) is 0.348. The Balaban J connectivity index is 1.65. The molecule has 0 bridgehead atoms. The third-order valence-corrected chi connectivity index (χ3v) is 4.82. The minimum absolute atomic E-state index is 0.137. The molecular weight excluding hydrogens is 320 g/mol. The number of allylic oxidation sites excluding steroid dienone is 2. The number of carbonyl (C=O) groups excluding carboxylic acids is 1. The summed E-state index contributed by atoms with van der Waals surface area (Å²) in [6, 6.07) is 17.0. The maximum absolute atomic E-state index is 12.2. The molecule has 1 amide bonds. The molecule has 0 fully saturated rings. The Bertz CT molecular complexity index is 762. The molecule has 1 aliphatic carbocycles. The lowest BCUT2D eigenvalue weighted by Crippen LogP contribution is -2.24. The van der Waals surface area contributed by atoms with Gasteiger partial charge in [-0.2, -0.15) is 0 Å². The van der Waals surface area contributed by atoms with Crippen molar-refractivity contribution in [2.24, 2.45) is 5.92 Å². The summed E-state index contributed by atoms with van der Waals surface area (Å²) in [7, 11) is 4.15. The molecule has 1 aliphatic rings. The Morgan fingerprint density at radius 1 is 1.12 bits per heavy atom. The van der Waals surface area contributed by atoms with Crippen LogP contribution in [-0.4, -0.2) is 24.9 Å². The van der Waals surface area contributed by atoms with Gasteiger partial charge < -0.3 is 10.2 Å². The molecule has 0 radical (unpaired) electrons. The third-order valence-electron chi connectivity index (χ3n) is 4.82. The van der Waals surface area contributed by atoms with E-state index in [1.54, 1.807) is 0 Å². The normalized spacial score (nSPS) is 16.2. The summed E-state index contributed by atoms with van der Waals surface area (Å²) in [5, 5.41) is 3.09. The first-order valence-corrected chi connectivity index (χ1v) is 9.37. The monoisotopic (exact) mass is 348 g/mol. The summed E-state index contributed by atoms with van der Waals surface area (Å²) in [6.45, 7) is 1.51. The molecule has 26 heavy (non-hydrogen) atoms. The van der Waals surface area contributed by atoms with Gasteiger partial charge in [-0.1, -0.05) is 60.7 Å². The van der Waals surface area contributed by atoms with Crippen LogP contribution in [-0.2, 0) is 17.9 Å². The van der Waals surface area contributed by atoms with Crippen molar-refractivity contribution in [2.45, 2.75) is 32.4 Å². The summed E-state index contributed by atoms with van der Waals surface area (Å²) in [5.74, 6) is 0.548. The highest BCUT2D eigenvalue weighted by atomic mass is 16.1. The minimum Gasteiger partial charge on any atom is -0.352 e. The van der Waals surface area contributed by atoms with Crippen LogP contribution in [0.1, 0.15) is 30.4 Å². The Morgan fingerprint density at radius 3 is 2.58 bits per heavy atom. The first-order chi connectivity index (χ1) is 12.6. The summed E-state index contributed by atoms with van der Waals surface area (Å²) in [4.78, 5) is 14.4. The molecule has 0 aromatic heterocycles. The molecule has 3 rings (SSSR count). The van der Waals surface area contributed by atoms with E-state index >= 15 is 0 Å². The molecule has 0 saturated carbocycles. The number of carbonyl (C=O) groups is 1. The average molecular weight is 348 g/mol. The fourth-order valence-electron chi connectivity index (χ4n) is 3.48. The van der Waals surface area contributed by atoms with Crippen molar-refractivity contribution in [2.75, 3.05) is 14.1 Å². The van der Waals surface area contributed by atoms with Crippen molar-refractivity contribution in [3.8, 4) is 11.1 Å². The summed E-state index contributed by atoms with van der Waals surface area (Å²) >= 11 is 0. The van der Waals surface area contributed by atoms with Crippen molar-refractivity contribution in [1.29, 1.82) is 0 Å². The number of hydrogen-bond donors (Lipinski definition) is 1. The second kappa shape index (κ2) is 8.81. The van der Waals surface area contributed by atoms with E-state index in [2.05, 4.69) is 78.9 Å². The first-order valence-electron chi connectivity index (χ1n) is 9.37. The lowest BCUT2D eigenvalue weighted by atomic mass is 9.98. The third kappa shape index (κ3) is 5.06. The molecule has 0 saturated heterocycles. The van der Waals surface area contributed by atoms with Crippen LogP contribution >= 0.6 is 0 Å². The van der Waals surface area contributed by atoms with Gasteiger partial charge in [0.25, 0.3) is 0 Å². The van der Waals surface area contributed by atoms with E-state index in [1.165, 1.54) is 16.7 Å². The Labute approximate surface area is 156 Å². The number of amides is 1. The minimum atomic E-state index is 0.137. The lowest BCUT2D eigenvalue weighted by Gasteiger charge is -2.14. The van der Waals surface area contributed by atoms with Crippen LogP contribution in [0.3, 0.4) is 0 Å². The quantitative estimate of drug-likeness (QED) is 0.753. The van der Waals surface area contributed by atoms with Crippen molar-refractivity contribution >= 4 is 5.91 Å². The maximum Gasteiger partial charge on any atom is 0.220 e. The van der Waals surface area contributed by atoms with Crippen molar-refractivity contribution < 1.29 is 4.79 Å². The van der Waals surface area contributed by atoms with Crippen molar-refractivity contribution in [1.82, 2.24) is 10.2 Å². The van der Waals surface area contributed by atoms with Gasteiger partial charge in [0.1, 0.15) is 0 Å². The number of benzene rings is 2. The summed E-state index contributed by atoms with van der Waals surface area (Å²) in [6.07, 6.45) is 7.14. The van der Waals surface area contributed by atoms with E-state index in [1.807, 2.05) is 6.07 Å². The van der Waals surface area contributed by atoms with Crippen LogP contribution in [0, 0.1) is 5.92 Å². The Morgan fingerprint density at radius 2 is 1.88 bits per heavy atom. The van der Waals surface area contributed by atoms with Gasteiger partial charge >= 0.3 is 0 Å². The molecule has 0 heterocycles. The van der Waals surface area contributed by atoms with Gasteiger partial charge in [-0.15, -0.1) is 0 Å². The van der Waals surface area contributed by atoms with Gasteiger partial charge in [0.05, 0.1) is 0 Å². The van der Waals surface area contributed by atoms with Gasteiger partial charge in [-0.25, -0.2) is 0 Å². The van der Waals surface area contributed by atoms with E-state index in [9.17, 15) is 4.79 Å². The maximum atomic E-state index is 12.2. The van der Waals surface area contributed by atoms with E-state index < -0.39 is 0 Å². The van der Waals surface area contributed by atoms with E-state index in [0.29, 0.717) is 18.9 Å². The van der Waals surface area contributed by atoms with Crippen LogP contribution < -0.4 is 5.32 Å². The van der Waals surface area contributed by atoms with Gasteiger partial charge in [0, 0.05) is 19.5 Å². The van der Waals surface area contributed by atoms with Crippen molar-refractivity contribution in [3.63, 3.8) is 0 Å². The second-order valence-corrected chi connectivity index (χ2v) is 7.34. The number of nitrogens with zero attached hydrogens (tertiary/aromatic N) is 1. The van der Waals surface area contributed by atoms with Gasteiger partial charge in [-0.05, 0) is 55.1 Å². The SMILES string of the molecule is CN(C)Cc1ccc(-c2ccccc2CNC(=O)CC2C=CCC2)cc1. The van der Waals surface area contributed by atoms with E-state index in [-0.39, 0.29) is 5.91 Å². The predicted octanol–water partition coefficient (Wildman–Crippen LogP) is 4.39. The molecule has 0 spiro atoms. The molecule has 3 heteroatoms. The predicted molar refractivity (Wildman–Crippen MR) is 108 cm³/mol. The van der Waals surface area contributed by atoms with Crippen LogP contribution in [0.5, 0.6) is 0 Å². The first kappa shape index (κ1) is 18.4. The largest absolute Gasteiger partial charge is 0.352 e. The second-order valence-electron chi connectivity index (χ2n) is 7.34. The smallest absolute Gasteiger partial charge is 0.220 e. The molecule has 1 atom stereocenters. The molecule has 1 N–H and O–H groups in total. The molecule has 1 unspecified atom stereocenters. The molecular formula is C23H28N2O.